The Morgan fingerprint density at radius 2 is 2.12 bits per heavy atom. The number of nitrogens with zero attached hydrogens (tertiary/aromatic N) is 1. The number of aromatic nitrogens is 1. The van der Waals surface area contributed by atoms with Crippen molar-refractivity contribution in [1.29, 1.82) is 0 Å². The van der Waals surface area contributed by atoms with E-state index in [0.717, 1.165) is 17.9 Å². The van der Waals surface area contributed by atoms with Gasteiger partial charge in [0, 0.05) is 24.4 Å². The van der Waals surface area contributed by atoms with Gasteiger partial charge in [0.25, 0.3) is 0 Å². The Bertz CT molecular complexity index is 502. The highest BCUT2D eigenvalue weighted by atomic mass is 35.5. The number of para-hydroxylation sites is 1. The summed E-state index contributed by atoms with van der Waals surface area (Å²) in [6.07, 6.45) is 3.22. The first-order chi connectivity index (χ1) is 8.29. The molecule has 3 nitrogen and oxygen atoms in total. The Balaban J connectivity index is 2.23. The van der Waals surface area contributed by atoms with Gasteiger partial charge in [-0.15, -0.1) is 0 Å². The predicted molar refractivity (Wildman–Crippen MR) is 68.5 cm³/mol. The molecule has 0 saturated carbocycles. The lowest BCUT2D eigenvalue weighted by Crippen LogP contribution is -2.06. The molecule has 1 aromatic carbocycles. The van der Waals surface area contributed by atoms with Crippen LogP contribution in [0, 0.1) is 0 Å². The molecule has 0 aliphatic rings. The Morgan fingerprint density at radius 3 is 2.88 bits per heavy atom. The van der Waals surface area contributed by atoms with Crippen LogP contribution in [-0.4, -0.2) is 12.0 Å². The summed E-state index contributed by atoms with van der Waals surface area (Å²) < 4.78 is 5.76. The Hall–Kier alpha value is -1.58. The van der Waals surface area contributed by atoms with Crippen molar-refractivity contribution in [2.24, 2.45) is 0 Å². The smallest absolute Gasteiger partial charge is 0.147 e. The van der Waals surface area contributed by atoms with Crippen LogP contribution in [0.2, 0.25) is 5.02 Å². The number of hydrogen-bond acceptors (Lipinski definition) is 3. The standard InChI is InChI=1S/C13H13ClN2O/c1-15-7-10-4-2-3-5-13(10)17-12-6-11(14)8-16-9-12/h2-6,8-9,15H,7H2,1H3. The molecule has 0 aliphatic carbocycles. The molecule has 0 unspecified atom stereocenters. The molecule has 0 amide bonds. The fourth-order valence-corrected chi connectivity index (χ4v) is 1.68. The van der Waals surface area contributed by atoms with E-state index in [0.29, 0.717) is 10.8 Å². The van der Waals surface area contributed by atoms with Gasteiger partial charge in [-0.1, -0.05) is 29.8 Å². The van der Waals surface area contributed by atoms with Gasteiger partial charge in [0.1, 0.15) is 11.5 Å². The van der Waals surface area contributed by atoms with Crippen LogP contribution in [0.15, 0.2) is 42.7 Å². The molecule has 4 heteroatoms. The summed E-state index contributed by atoms with van der Waals surface area (Å²) in [5.41, 5.74) is 1.09. The zero-order valence-corrected chi connectivity index (χ0v) is 10.2. The van der Waals surface area contributed by atoms with Crippen molar-refractivity contribution in [2.75, 3.05) is 7.05 Å². The second-order valence-electron chi connectivity index (χ2n) is 3.58. The maximum Gasteiger partial charge on any atom is 0.147 e. The monoisotopic (exact) mass is 248 g/mol. The summed E-state index contributed by atoms with van der Waals surface area (Å²) in [4.78, 5) is 3.98. The van der Waals surface area contributed by atoms with Crippen LogP contribution < -0.4 is 10.1 Å². The highest BCUT2D eigenvalue weighted by Gasteiger charge is 2.04. The lowest BCUT2D eigenvalue weighted by atomic mass is 10.2. The van der Waals surface area contributed by atoms with Crippen molar-refractivity contribution < 1.29 is 4.74 Å². The SMILES string of the molecule is CNCc1ccccc1Oc1cncc(Cl)c1. The van der Waals surface area contributed by atoms with Gasteiger partial charge in [0.2, 0.25) is 0 Å². The van der Waals surface area contributed by atoms with Gasteiger partial charge in [-0.2, -0.15) is 0 Å². The molecule has 1 heterocycles. The second-order valence-corrected chi connectivity index (χ2v) is 4.02. The second kappa shape index (κ2) is 5.66. The molecule has 88 valence electrons. The van der Waals surface area contributed by atoms with Gasteiger partial charge in [-0.25, -0.2) is 0 Å². The summed E-state index contributed by atoms with van der Waals surface area (Å²) in [5.74, 6) is 1.45. The van der Waals surface area contributed by atoms with Crippen LogP contribution in [-0.2, 0) is 6.54 Å². The van der Waals surface area contributed by atoms with Crippen molar-refractivity contribution >= 4 is 11.6 Å². The molecule has 0 spiro atoms. The van der Waals surface area contributed by atoms with Crippen molar-refractivity contribution in [2.45, 2.75) is 6.54 Å². The summed E-state index contributed by atoms with van der Waals surface area (Å²) in [5, 5.41) is 3.66. The van der Waals surface area contributed by atoms with E-state index in [2.05, 4.69) is 10.3 Å². The van der Waals surface area contributed by atoms with E-state index < -0.39 is 0 Å². The molecule has 1 aromatic heterocycles. The first kappa shape index (κ1) is 11.9. The molecule has 0 saturated heterocycles. The lowest BCUT2D eigenvalue weighted by molar-refractivity contribution is 0.472. The van der Waals surface area contributed by atoms with E-state index in [1.807, 2.05) is 31.3 Å². The first-order valence-corrected chi connectivity index (χ1v) is 5.68. The summed E-state index contributed by atoms with van der Waals surface area (Å²) in [6, 6.07) is 9.60. The third-order valence-corrected chi connectivity index (χ3v) is 2.45. The lowest BCUT2D eigenvalue weighted by Gasteiger charge is -2.10. The number of halogens is 1. The van der Waals surface area contributed by atoms with Crippen molar-refractivity contribution in [3.63, 3.8) is 0 Å². The van der Waals surface area contributed by atoms with Gasteiger partial charge >= 0.3 is 0 Å². The van der Waals surface area contributed by atoms with Crippen LogP contribution in [0.1, 0.15) is 5.56 Å². The van der Waals surface area contributed by atoms with Crippen molar-refractivity contribution in [3.8, 4) is 11.5 Å². The fraction of sp³-hybridized carbons (Fsp3) is 0.154. The molecule has 17 heavy (non-hydrogen) atoms. The van der Waals surface area contributed by atoms with Crippen molar-refractivity contribution in [3.05, 3.63) is 53.3 Å². The van der Waals surface area contributed by atoms with E-state index in [-0.39, 0.29) is 0 Å². The summed E-state index contributed by atoms with van der Waals surface area (Å²) in [6.45, 7) is 0.754. The van der Waals surface area contributed by atoms with Crippen LogP contribution in [0.3, 0.4) is 0 Å². The maximum absolute atomic E-state index is 5.86. The molecule has 0 aliphatic heterocycles. The fourth-order valence-electron chi connectivity index (χ4n) is 1.52. The third-order valence-electron chi connectivity index (χ3n) is 2.25. The number of rotatable bonds is 4. The van der Waals surface area contributed by atoms with Gasteiger partial charge in [0.05, 0.1) is 11.2 Å². The Morgan fingerprint density at radius 1 is 1.29 bits per heavy atom. The molecule has 0 fully saturated rings. The highest BCUT2D eigenvalue weighted by Crippen LogP contribution is 2.26. The van der Waals surface area contributed by atoms with Gasteiger partial charge in [-0.05, 0) is 13.1 Å². The van der Waals surface area contributed by atoms with E-state index in [9.17, 15) is 0 Å². The predicted octanol–water partition coefficient (Wildman–Crippen LogP) is 3.25. The summed E-state index contributed by atoms with van der Waals surface area (Å²) >= 11 is 5.86. The minimum Gasteiger partial charge on any atom is -0.455 e. The zero-order chi connectivity index (χ0) is 12.1. The normalized spacial score (nSPS) is 10.2. The number of hydrogen-bond donors (Lipinski definition) is 1. The van der Waals surface area contributed by atoms with Gasteiger partial charge in [-0.3, -0.25) is 4.98 Å². The van der Waals surface area contributed by atoms with E-state index in [1.165, 1.54) is 0 Å². The molecular formula is C13H13ClN2O. The third kappa shape index (κ3) is 3.19. The number of ether oxygens (including phenoxy) is 1. The largest absolute Gasteiger partial charge is 0.455 e. The van der Waals surface area contributed by atoms with Crippen LogP contribution in [0.4, 0.5) is 0 Å². The maximum atomic E-state index is 5.86. The van der Waals surface area contributed by atoms with Gasteiger partial charge < -0.3 is 10.1 Å². The zero-order valence-electron chi connectivity index (χ0n) is 9.48. The highest BCUT2D eigenvalue weighted by molar-refractivity contribution is 6.30. The average molecular weight is 249 g/mol. The first-order valence-electron chi connectivity index (χ1n) is 5.30. The van der Waals surface area contributed by atoms with Crippen LogP contribution in [0.5, 0.6) is 11.5 Å². The van der Waals surface area contributed by atoms with Crippen LogP contribution >= 0.6 is 11.6 Å². The average Bonchev–Trinajstić information content (AvgIpc) is 2.32. The molecule has 0 radical (unpaired) electrons. The van der Waals surface area contributed by atoms with E-state index >= 15 is 0 Å². The Kier molecular flexibility index (Phi) is 3.96. The molecule has 0 bridgehead atoms. The van der Waals surface area contributed by atoms with Crippen molar-refractivity contribution in [1.82, 2.24) is 10.3 Å². The molecule has 2 rings (SSSR count). The quantitative estimate of drug-likeness (QED) is 0.902. The minimum absolute atomic E-state index is 0.564. The number of benzene rings is 1. The molecule has 1 N–H and O–H groups in total. The van der Waals surface area contributed by atoms with Gasteiger partial charge in [0.15, 0.2) is 0 Å². The molecule has 2 aromatic rings. The van der Waals surface area contributed by atoms with E-state index in [1.54, 1.807) is 18.5 Å². The van der Waals surface area contributed by atoms with Crippen LogP contribution in [0.25, 0.3) is 0 Å². The van der Waals surface area contributed by atoms with E-state index in [4.69, 9.17) is 16.3 Å². The summed E-state index contributed by atoms with van der Waals surface area (Å²) in [7, 11) is 1.90. The topological polar surface area (TPSA) is 34.1 Å². The number of pyridine rings is 1. The molecular weight excluding hydrogens is 236 g/mol. The Labute approximate surface area is 105 Å². The number of nitrogens with one attached hydrogen (secondary N) is 1. The minimum atomic E-state index is 0.564. The molecule has 0 atom stereocenters.